The third-order valence-corrected chi connectivity index (χ3v) is 7.72. The van der Waals surface area contributed by atoms with Gasteiger partial charge in [-0.15, -0.1) is 11.8 Å². The number of nitrogens with zero attached hydrogens (tertiary/aromatic N) is 4. The number of carbonyl (C=O) groups is 2. The predicted molar refractivity (Wildman–Crippen MR) is 160 cm³/mol. The summed E-state index contributed by atoms with van der Waals surface area (Å²) < 4.78 is 6.99. The molecule has 2 heterocycles. The normalized spacial score (nSPS) is 14.5. The molecule has 0 aliphatic carbocycles. The molecule has 0 atom stereocenters. The number of methoxy groups -OCH3 is 1. The van der Waals surface area contributed by atoms with Crippen LogP contribution in [0.1, 0.15) is 25.0 Å². The minimum atomic E-state index is -0.604. The summed E-state index contributed by atoms with van der Waals surface area (Å²) in [5, 5.41) is 14.8. The number of para-hydroxylation sites is 1. The van der Waals surface area contributed by atoms with E-state index >= 15 is 0 Å². The average molecular weight is 561 g/mol. The molecule has 3 aromatic carbocycles. The molecule has 1 aromatic heterocycles. The number of hydrogen-bond acceptors (Lipinski definition) is 6. The molecular formula is C33H28N4O3S. The van der Waals surface area contributed by atoms with Gasteiger partial charge in [-0.3, -0.25) is 14.5 Å². The molecule has 1 aliphatic heterocycles. The highest BCUT2D eigenvalue weighted by atomic mass is 32.2. The van der Waals surface area contributed by atoms with Crippen molar-refractivity contribution in [1.29, 1.82) is 5.26 Å². The van der Waals surface area contributed by atoms with E-state index in [1.54, 1.807) is 60.8 Å². The maximum Gasteiger partial charge on any atom is 0.271 e. The van der Waals surface area contributed by atoms with E-state index in [-0.39, 0.29) is 17.7 Å². The smallest absolute Gasteiger partial charge is 0.271 e. The van der Waals surface area contributed by atoms with Crippen LogP contribution in [0.4, 0.5) is 0 Å². The second kappa shape index (κ2) is 12.1. The van der Waals surface area contributed by atoms with Crippen molar-refractivity contribution in [3.63, 3.8) is 0 Å². The van der Waals surface area contributed by atoms with Crippen LogP contribution >= 0.6 is 11.8 Å². The summed E-state index contributed by atoms with van der Waals surface area (Å²) in [4.78, 5) is 29.3. The molecule has 0 unspecified atom stereocenters. The second-order valence-electron chi connectivity index (χ2n) is 9.38. The van der Waals surface area contributed by atoms with Gasteiger partial charge in [-0.25, -0.2) is 4.68 Å². The van der Waals surface area contributed by atoms with Gasteiger partial charge in [0.05, 0.1) is 25.0 Å². The van der Waals surface area contributed by atoms with Crippen molar-refractivity contribution in [2.75, 3.05) is 12.9 Å². The van der Waals surface area contributed by atoms with E-state index in [0.29, 0.717) is 22.6 Å². The predicted octanol–water partition coefficient (Wildman–Crippen LogP) is 6.45. The summed E-state index contributed by atoms with van der Waals surface area (Å²) in [6, 6.07) is 27.0. The van der Waals surface area contributed by atoms with Crippen LogP contribution in [0.3, 0.4) is 0 Å². The van der Waals surface area contributed by atoms with E-state index < -0.39 is 11.8 Å². The SMILES string of the molecule is CCSc1ccc(-c2nn(-c3ccccc3)cc2/C=C2/C(=O)N(Cc3ccc(OC)cc3)C(=O)C(C#N)=C2C)cc1. The Morgan fingerprint density at radius 2 is 1.68 bits per heavy atom. The van der Waals surface area contributed by atoms with Crippen molar-refractivity contribution in [1.82, 2.24) is 14.7 Å². The lowest BCUT2D eigenvalue weighted by molar-refractivity contribution is -0.141. The lowest BCUT2D eigenvalue weighted by Gasteiger charge is -2.27. The highest BCUT2D eigenvalue weighted by molar-refractivity contribution is 7.99. The van der Waals surface area contributed by atoms with Crippen LogP contribution in [0.2, 0.25) is 0 Å². The van der Waals surface area contributed by atoms with Gasteiger partial charge >= 0.3 is 0 Å². The summed E-state index contributed by atoms with van der Waals surface area (Å²) in [6.07, 6.45) is 3.60. The first kappa shape index (κ1) is 27.7. The Bertz CT molecular complexity index is 1700. The van der Waals surface area contributed by atoms with Crippen molar-refractivity contribution in [2.24, 2.45) is 0 Å². The molecule has 204 valence electrons. The summed E-state index contributed by atoms with van der Waals surface area (Å²) in [6.45, 7) is 3.78. The number of ether oxygens (including phenoxy) is 1. The Morgan fingerprint density at radius 3 is 2.32 bits per heavy atom. The van der Waals surface area contributed by atoms with Crippen LogP contribution in [0.15, 0.2) is 107 Å². The van der Waals surface area contributed by atoms with Crippen molar-refractivity contribution in [3.05, 3.63) is 113 Å². The van der Waals surface area contributed by atoms with E-state index in [1.807, 2.05) is 54.7 Å². The number of carbonyl (C=O) groups excluding carboxylic acids is 2. The minimum absolute atomic E-state index is 0.0319. The molecule has 7 nitrogen and oxygen atoms in total. The number of nitriles is 1. The van der Waals surface area contributed by atoms with Crippen LogP contribution in [0.5, 0.6) is 5.75 Å². The lowest BCUT2D eigenvalue weighted by atomic mass is 9.93. The molecule has 2 amide bonds. The summed E-state index contributed by atoms with van der Waals surface area (Å²) >= 11 is 1.76. The molecule has 0 spiro atoms. The fourth-order valence-corrected chi connectivity index (χ4v) is 5.31. The number of rotatable bonds is 8. The van der Waals surface area contributed by atoms with E-state index in [2.05, 4.69) is 19.1 Å². The standard InChI is InChI=1S/C33H28N4O3S/c1-4-41-28-16-12-24(13-17-28)31-25(21-37(35-31)26-8-6-5-7-9-26)18-29-22(2)30(19-34)33(39)36(32(29)38)20-23-10-14-27(40-3)15-11-23/h5-18,21H,4,20H2,1-3H3/b29-18+. The Hall–Kier alpha value is -4.87. The summed E-state index contributed by atoms with van der Waals surface area (Å²) in [7, 11) is 1.57. The number of aromatic nitrogens is 2. The maximum absolute atomic E-state index is 13.8. The average Bonchev–Trinajstić information content (AvgIpc) is 3.43. The van der Waals surface area contributed by atoms with E-state index in [0.717, 1.165) is 32.4 Å². The lowest BCUT2D eigenvalue weighted by Crippen LogP contribution is -2.42. The quantitative estimate of drug-likeness (QED) is 0.140. The summed E-state index contributed by atoms with van der Waals surface area (Å²) in [5.74, 6) is 0.575. The van der Waals surface area contributed by atoms with Crippen molar-refractivity contribution in [2.45, 2.75) is 25.3 Å². The Balaban J connectivity index is 1.60. The van der Waals surface area contributed by atoms with E-state index in [9.17, 15) is 14.9 Å². The highest BCUT2D eigenvalue weighted by Crippen LogP contribution is 2.32. The molecule has 0 N–H and O–H groups in total. The van der Waals surface area contributed by atoms with Gasteiger partial charge in [0, 0.05) is 27.8 Å². The number of hydrogen-bond donors (Lipinski definition) is 0. The molecule has 1 aliphatic rings. The van der Waals surface area contributed by atoms with Crippen molar-refractivity contribution < 1.29 is 14.3 Å². The van der Waals surface area contributed by atoms with Gasteiger partial charge in [-0.1, -0.05) is 49.4 Å². The monoisotopic (exact) mass is 560 g/mol. The number of imide groups is 1. The van der Waals surface area contributed by atoms with Gasteiger partial charge in [0.2, 0.25) is 0 Å². The Morgan fingerprint density at radius 1 is 0.976 bits per heavy atom. The molecule has 0 fully saturated rings. The molecule has 0 saturated heterocycles. The van der Waals surface area contributed by atoms with E-state index in [4.69, 9.17) is 9.84 Å². The zero-order valence-electron chi connectivity index (χ0n) is 23.0. The third kappa shape index (κ3) is 5.72. The molecule has 8 heteroatoms. The minimum Gasteiger partial charge on any atom is -0.497 e. The van der Waals surface area contributed by atoms with Crippen LogP contribution < -0.4 is 4.74 Å². The van der Waals surface area contributed by atoms with Crippen molar-refractivity contribution >= 4 is 29.7 Å². The molecular weight excluding hydrogens is 532 g/mol. The first-order valence-corrected chi connectivity index (χ1v) is 14.1. The van der Waals surface area contributed by atoms with Gasteiger partial charge < -0.3 is 4.74 Å². The molecule has 5 rings (SSSR count). The first-order valence-electron chi connectivity index (χ1n) is 13.1. The van der Waals surface area contributed by atoms with Crippen LogP contribution in [-0.4, -0.2) is 39.4 Å². The zero-order valence-corrected chi connectivity index (χ0v) is 23.8. The number of amides is 2. The Labute approximate surface area is 243 Å². The van der Waals surface area contributed by atoms with Gasteiger partial charge in [0.15, 0.2) is 0 Å². The maximum atomic E-state index is 13.8. The molecule has 0 radical (unpaired) electrons. The number of thioether (sulfide) groups is 1. The number of benzene rings is 3. The van der Waals surface area contributed by atoms with Gasteiger partial charge in [-0.2, -0.15) is 10.4 Å². The Kier molecular flexibility index (Phi) is 8.18. The van der Waals surface area contributed by atoms with Crippen molar-refractivity contribution in [3.8, 4) is 28.8 Å². The fraction of sp³-hybridized carbons (Fsp3) is 0.152. The zero-order chi connectivity index (χ0) is 28.9. The largest absolute Gasteiger partial charge is 0.497 e. The van der Waals surface area contributed by atoms with E-state index in [1.165, 1.54) is 0 Å². The van der Waals surface area contributed by atoms with Gasteiger partial charge in [0.1, 0.15) is 17.4 Å². The molecule has 0 saturated carbocycles. The fourth-order valence-electron chi connectivity index (χ4n) is 4.65. The van der Waals surface area contributed by atoms with Crippen LogP contribution in [0, 0.1) is 11.3 Å². The summed E-state index contributed by atoms with van der Waals surface area (Å²) in [5.41, 5.74) is 4.46. The van der Waals surface area contributed by atoms with Crippen LogP contribution in [-0.2, 0) is 16.1 Å². The molecule has 0 bridgehead atoms. The topological polar surface area (TPSA) is 88.2 Å². The van der Waals surface area contributed by atoms with Gasteiger partial charge in [-0.05, 0) is 66.3 Å². The second-order valence-corrected chi connectivity index (χ2v) is 10.7. The highest BCUT2D eigenvalue weighted by Gasteiger charge is 2.35. The third-order valence-electron chi connectivity index (χ3n) is 6.83. The van der Waals surface area contributed by atoms with Gasteiger partial charge in [0.25, 0.3) is 11.8 Å². The molecule has 41 heavy (non-hydrogen) atoms. The molecule has 4 aromatic rings. The van der Waals surface area contributed by atoms with Crippen LogP contribution in [0.25, 0.3) is 23.0 Å². The first-order chi connectivity index (χ1) is 19.9.